The van der Waals surface area contributed by atoms with Gasteiger partial charge in [0.2, 0.25) is 0 Å². The number of benzene rings is 1. The largest absolute Gasteiger partial charge is 0.493 e. The SMILES string of the molecule is COc1cc(N)cc(CN(C)CCCC(=O)O)c1OC.Cl.Cl. The fourth-order valence-corrected chi connectivity index (χ4v) is 2.05. The molecule has 0 aliphatic rings. The van der Waals surface area contributed by atoms with Crippen molar-refractivity contribution in [1.29, 1.82) is 0 Å². The van der Waals surface area contributed by atoms with Crippen LogP contribution in [0.5, 0.6) is 11.5 Å². The Morgan fingerprint density at radius 2 is 1.91 bits per heavy atom. The highest BCUT2D eigenvalue weighted by atomic mass is 35.5. The summed E-state index contributed by atoms with van der Waals surface area (Å²) >= 11 is 0. The Balaban J connectivity index is 0. The molecule has 0 aliphatic heterocycles. The second-order valence-corrected chi connectivity index (χ2v) is 4.65. The molecule has 1 rings (SSSR count). The Hall–Kier alpha value is -1.37. The van der Waals surface area contributed by atoms with E-state index in [-0.39, 0.29) is 31.2 Å². The van der Waals surface area contributed by atoms with E-state index in [4.69, 9.17) is 20.3 Å². The van der Waals surface area contributed by atoms with Crippen LogP contribution in [0.4, 0.5) is 5.69 Å². The van der Waals surface area contributed by atoms with Crippen LogP contribution in [-0.2, 0) is 11.3 Å². The number of halogens is 2. The number of carbonyl (C=O) groups is 1. The zero-order valence-corrected chi connectivity index (χ0v) is 14.6. The van der Waals surface area contributed by atoms with Crippen molar-refractivity contribution < 1.29 is 19.4 Å². The number of carboxylic acid groups (broad SMARTS) is 1. The van der Waals surface area contributed by atoms with E-state index in [1.807, 2.05) is 18.0 Å². The fraction of sp³-hybridized carbons (Fsp3) is 0.500. The molecule has 0 fully saturated rings. The maximum atomic E-state index is 10.5. The van der Waals surface area contributed by atoms with E-state index in [1.54, 1.807) is 20.3 Å². The predicted octanol–water partition coefficient (Wildman–Crippen LogP) is 2.43. The molecule has 3 N–H and O–H groups in total. The summed E-state index contributed by atoms with van der Waals surface area (Å²) in [6.07, 6.45) is 0.773. The summed E-state index contributed by atoms with van der Waals surface area (Å²) in [5, 5.41) is 8.63. The average Bonchev–Trinajstić information content (AvgIpc) is 2.37. The van der Waals surface area contributed by atoms with Gasteiger partial charge in [-0.2, -0.15) is 0 Å². The second kappa shape index (κ2) is 11.2. The van der Waals surface area contributed by atoms with Crippen molar-refractivity contribution in [3.05, 3.63) is 17.7 Å². The first-order valence-corrected chi connectivity index (χ1v) is 6.38. The third kappa shape index (κ3) is 7.06. The predicted molar refractivity (Wildman–Crippen MR) is 91.7 cm³/mol. The van der Waals surface area contributed by atoms with Crippen molar-refractivity contribution in [3.8, 4) is 11.5 Å². The molecule has 0 unspecified atom stereocenters. The summed E-state index contributed by atoms with van der Waals surface area (Å²) in [4.78, 5) is 12.5. The molecule has 128 valence electrons. The summed E-state index contributed by atoms with van der Waals surface area (Å²) in [6.45, 7) is 1.30. The highest BCUT2D eigenvalue weighted by molar-refractivity contribution is 5.85. The molecule has 0 aliphatic carbocycles. The van der Waals surface area contributed by atoms with E-state index >= 15 is 0 Å². The zero-order valence-electron chi connectivity index (χ0n) is 13.0. The summed E-state index contributed by atoms with van der Waals surface area (Å²) in [5.41, 5.74) is 7.37. The number of nitrogens with two attached hydrogens (primary N) is 1. The molecule has 8 heteroatoms. The quantitative estimate of drug-likeness (QED) is 0.697. The number of nitrogen functional groups attached to an aromatic ring is 1. The second-order valence-electron chi connectivity index (χ2n) is 4.65. The van der Waals surface area contributed by atoms with Crippen LogP contribution in [0.15, 0.2) is 12.1 Å². The number of hydrogen-bond donors (Lipinski definition) is 2. The Kier molecular flexibility index (Phi) is 11.7. The number of rotatable bonds is 8. The molecule has 0 spiro atoms. The van der Waals surface area contributed by atoms with Gasteiger partial charge in [-0.25, -0.2) is 0 Å². The van der Waals surface area contributed by atoms with E-state index in [2.05, 4.69) is 0 Å². The van der Waals surface area contributed by atoms with Crippen molar-refractivity contribution in [2.45, 2.75) is 19.4 Å². The third-order valence-corrected chi connectivity index (χ3v) is 2.95. The molecule has 0 radical (unpaired) electrons. The topological polar surface area (TPSA) is 85.0 Å². The van der Waals surface area contributed by atoms with Gasteiger partial charge in [-0.1, -0.05) is 0 Å². The fourth-order valence-electron chi connectivity index (χ4n) is 2.05. The first-order valence-electron chi connectivity index (χ1n) is 6.38. The lowest BCUT2D eigenvalue weighted by Gasteiger charge is -2.19. The first kappa shape index (κ1) is 22.9. The molecule has 1 aromatic carbocycles. The summed E-state index contributed by atoms with van der Waals surface area (Å²) in [7, 11) is 5.08. The maximum Gasteiger partial charge on any atom is 0.303 e. The molecule has 0 aromatic heterocycles. The first-order chi connectivity index (χ1) is 9.47. The highest BCUT2D eigenvalue weighted by Crippen LogP contribution is 2.34. The van der Waals surface area contributed by atoms with E-state index in [1.165, 1.54) is 0 Å². The van der Waals surface area contributed by atoms with Crippen LogP contribution in [0.2, 0.25) is 0 Å². The van der Waals surface area contributed by atoms with Gasteiger partial charge in [-0.15, -0.1) is 24.8 Å². The smallest absolute Gasteiger partial charge is 0.303 e. The molecular formula is C14H24Cl2N2O4. The molecule has 0 bridgehead atoms. The van der Waals surface area contributed by atoms with Crippen LogP contribution in [-0.4, -0.2) is 43.8 Å². The lowest BCUT2D eigenvalue weighted by Crippen LogP contribution is -2.20. The van der Waals surface area contributed by atoms with E-state index in [0.717, 1.165) is 5.56 Å². The summed E-state index contributed by atoms with van der Waals surface area (Å²) in [5.74, 6) is 0.481. The Bertz CT molecular complexity index is 472. The molecular weight excluding hydrogens is 331 g/mol. The number of anilines is 1. The third-order valence-electron chi connectivity index (χ3n) is 2.95. The molecule has 0 saturated carbocycles. The van der Waals surface area contributed by atoms with Gasteiger partial charge in [0.05, 0.1) is 14.2 Å². The molecule has 6 nitrogen and oxygen atoms in total. The van der Waals surface area contributed by atoms with Crippen molar-refractivity contribution in [2.24, 2.45) is 0 Å². The summed E-state index contributed by atoms with van der Waals surface area (Å²) in [6, 6.07) is 3.56. The van der Waals surface area contributed by atoms with Gasteiger partial charge in [-0.3, -0.25) is 4.79 Å². The normalized spacial score (nSPS) is 9.64. The highest BCUT2D eigenvalue weighted by Gasteiger charge is 2.13. The lowest BCUT2D eigenvalue weighted by molar-refractivity contribution is -0.137. The van der Waals surface area contributed by atoms with E-state index in [0.29, 0.717) is 36.7 Å². The number of hydrogen-bond acceptors (Lipinski definition) is 5. The van der Waals surface area contributed by atoms with Gasteiger partial charge in [0.1, 0.15) is 0 Å². The molecule has 0 saturated heterocycles. The van der Waals surface area contributed by atoms with Gasteiger partial charge >= 0.3 is 5.97 Å². The number of carboxylic acids is 1. The van der Waals surface area contributed by atoms with Crippen LogP contribution >= 0.6 is 24.8 Å². The minimum absolute atomic E-state index is 0. The lowest BCUT2D eigenvalue weighted by atomic mass is 10.1. The number of ether oxygens (including phenoxy) is 2. The Morgan fingerprint density at radius 1 is 1.27 bits per heavy atom. The minimum Gasteiger partial charge on any atom is -0.493 e. The minimum atomic E-state index is -0.776. The van der Waals surface area contributed by atoms with Crippen LogP contribution in [0, 0.1) is 0 Å². The summed E-state index contributed by atoms with van der Waals surface area (Å²) < 4.78 is 10.6. The molecule has 1 aromatic rings. The zero-order chi connectivity index (χ0) is 15.1. The molecule has 0 heterocycles. The van der Waals surface area contributed by atoms with Gasteiger partial charge < -0.3 is 25.2 Å². The standard InChI is InChI=1S/C14H22N2O4.2ClH/c1-16(6-4-5-13(17)18)9-10-7-11(15)8-12(19-2)14(10)20-3;;/h7-8H,4-6,9,15H2,1-3H3,(H,17,18);2*1H. The van der Waals surface area contributed by atoms with Crippen molar-refractivity contribution in [2.75, 3.05) is 33.5 Å². The van der Waals surface area contributed by atoms with Gasteiger partial charge in [0.15, 0.2) is 11.5 Å². The van der Waals surface area contributed by atoms with Gasteiger partial charge in [0, 0.05) is 30.3 Å². The van der Waals surface area contributed by atoms with E-state index in [9.17, 15) is 4.79 Å². The molecule has 0 atom stereocenters. The number of methoxy groups -OCH3 is 2. The van der Waals surface area contributed by atoms with Crippen molar-refractivity contribution >= 4 is 36.5 Å². The van der Waals surface area contributed by atoms with Crippen LogP contribution in [0.25, 0.3) is 0 Å². The van der Waals surface area contributed by atoms with Crippen molar-refractivity contribution in [1.82, 2.24) is 4.90 Å². The molecule has 22 heavy (non-hydrogen) atoms. The van der Waals surface area contributed by atoms with E-state index < -0.39 is 5.97 Å². The Morgan fingerprint density at radius 3 is 2.41 bits per heavy atom. The Labute approximate surface area is 143 Å². The monoisotopic (exact) mass is 354 g/mol. The van der Waals surface area contributed by atoms with Gasteiger partial charge in [0.25, 0.3) is 0 Å². The number of aliphatic carboxylic acids is 1. The number of nitrogens with zero attached hydrogens (tertiary/aromatic N) is 1. The molecule has 0 amide bonds. The van der Waals surface area contributed by atoms with Crippen LogP contribution in [0.1, 0.15) is 18.4 Å². The van der Waals surface area contributed by atoms with Gasteiger partial charge in [-0.05, 0) is 26.1 Å². The van der Waals surface area contributed by atoms with Crippen LogP contribution in [0.3, 0.4) is 0 Å². The average molecular weight is 355 g/mol. The van der Waals surface area contributed by atoms with Crippen LogP contribution < -0.4 is 15.2 Å². The maximum absolute atomic E-state index is 10.5. The van der Waals surface area contributed by atoms with Crippen molar-refractivity contribution in [3.63, 3.8) is 0 Å².